The van der Waals surface area contributed by atoms with Crippen molar-refractivity contribution in [1.29, 1.82) is 0 Å². The molecule has 3 heterocycles. The zero-order valence-corrected chi connectivity index (χ0v) is 18.6. The number of amides is 1. The molecule has 4 rings (SSSR count). The van der Waals surface area contributed by atoms with Crippen LogP contribution < -0.4 is 4.74 Å². The number of carbonyl (C=O) groups excluding carboxylic acids is 1. The van der Waals surface area contributed by atoms with E-state index in [-0.39, 0.29) is 16.8 Å². The third-order valence-corrected chi connectivity index (χ3v) is 6.77. The van der Waals surface area contributed by atoms with Gasteiger partial charge in [-0.05, 0) is 43.5 Å². The van der Waals surface area contributed by atoms with E-state index < -0.39 is 11.9 Å². The van der Waals surface area contributed by atoms with E-state index in [0.29, 0.717) is 41.3 Å². The number of rotatable bonds is 6. The SMILES string of the molecule is COc1ccccc1CN(CC1CCCO1)C(=O)c1sc2nc(C(F)(F)F)ccc2c1C. The molecular formula is C23H23F3N2O3S. The summed E-state index contributed by atoms with van der Waals surface area (Å²) in [5.41, 5.74) is 0.515. The normalized spacial score (nSPS) is 16.5. The Morgan fingerprint density at radius 1 is 1.28 bits per heavy atom. The summed E-state index contributed by atoms with van der Waals surface area (Å²) in [7, 11) is 1.57. The molecule has 1 aliphatic rings. The zero-order chi connectivity index (χ0) is 22.9. The molecule has 0 N–H and O–H groups in total. The molecule has 1 aromatic carbocycles. The van der Waals surface area contributed by atoms with Crippen LogP contribution in [0.15, 0.2) is 36.4 Å². The molecule has 32 heavy (non-hydrogen) atoms. The first-order valence-electron chi connectivity index (χ1n) is 10.3. The van der Waals surface area contributed by atoms with Crippen LogP contribution in [-0.4, -0.2) is 42.2 Å². The third-order valence-electron chi connectivity index (χ3n) is 5.58. The summed E-state index contributed by atoms with van der Waals surface area (Å²) < 4.78 is 50.5. The maximum absolute atomic E-state index is 13.6. The van der Waals surface area contributed by atoms with Gasteiger partial charge in [0.1, 0.15) is 16.3 Å². The lowest BCUT2D eigenvalue weighted by Crippen LogP contribution is -2.37. The van der Waals surface area contributed by atoms with Gasteiger partial charge in [-0.2, -0.15) is 13.2 Å². The van der Waals surface area contributed by atoms with Crippen molar-refractivity contribution in [3.63, 3.8) is 0 Å². The van der Waals surface area contributed by atoms with Crippen molar-refractivity contribution in [2.24, 2.45) is 0 Å². The topological polar surface area (TPSA) is 51.7 Å². The van der Waals surface area contributed by atoms with Gasteiger partial charge < -0.3 is 14.4 Å². The van der Waals surface area contributed by atoms with Crippen molar-refractivity contribution in [3.8, 4) is 5.75 Å². The van der Waals surface area contributed by atoms with E-state index in [2.05, 4.69) is 4.98 Å². The van der Waals surface area contributed by atoms with E-state index in [1.54, 1.807) is 18.9 Å². The minimum atomic E-state index is -4.54. The molecule has 5 nitrogen and oxygen atoms in total. The largest absolute Gasteiger partial charge is 0.496 e. The summed E-state index contributed by atoms with van der Waals surface area (Å²) in [5, 5.41) is 0.556. The number of alkyl halides is 3. The molecule has 0 aliphatic carbocycles. The Bertz CT molecular complexity index is 1120. The lowest BCUT2D eigenvalue weighted by molar-refractivity contribution is -0.140. The Labute approximate surface area is 187 Å². The first-order chi connectivity index (χ1) is 15.3. The van der Waals surface area contributed by atoms with Crippen molar-refractivity contribution >= 4 is 27.5 Å². The van der Waals surface area contributed by atoms with Crippen LogP contribution in [0, 0.1) is 6.92 Å². The summed E-state index contributed by atoms with van der Waals surface area (Å²) in [6.45, 7) is 3.10. The van der Waals surface area contributed by atoms with Crippen LogP contribution in [0.25, 0.3) is 10.2 Å². The van der Waals surface area contributed by atoms with Crippen molar-refractivity contribution in [3.05, 3.63) is 58.1 Å². The molecule has 2 aromatic heterocycles. The molecule has 1 saturated heterocycles. The van der Waals surface area contributed by atoms with Crippen LogP contribution in [0.2, 0.25) is 0 Å². The number of aromatic nitrogens is 1. The van der Waals surface area contributed by atoms with Gasteiger partial charge in [0, 0.05) is 30.6 Å². The highest BCUT2D eigenvalue weighted by molar-refractivity contribution is 7.20. The monoisotopic (exact) mass is 464 g/mol. The smallest absolute Gasteiger partial charge is 0.433 e. The van der Waals surface area contributed by atoms with Gasteiger partial charge in [0.15, 0.2) is 0 Å². The van der Waals surface area contributed by atoms with Gasteiger partial charge in [-0.15, -0.1) is 11.3 Å². The molecule has 0 saturated carbocycles. The average Bonchev–Trinajstić information content (AvgIpc) is 3.40. The molecule has 1 fully saturated rings. The number of aryl methyl sites for hydroxylation is 1. The van der Waals surface area contributed by atoms with Gasteiger partial charge in [-0.3, -0.25) is 4.79 Å². The van der Waals surface area contributed by atoms with Crippen LogP contribution in [0.4, 0.5) is 13.2 Å². The van der Waals surface area contributed by atoms with Gasteiger partial charge in [0.05, 0.1) is 18.1 Å². The van der Waals surface area contributed by atoms with Crippen molar-refractivity contribution in [2.45, 2.75) is 38.6 Å². The van der Waals surface area contributed by atoms with Crippen LogP contribution in [0.1, 0.15) is 39.3 Å². The minimum Gasteiger partial charge on any atom is -0.496 e. The number of pyridine rings is 1. The lowest BCUT2D eigenvalue weighted by Gasteiger charge is -2.26. The number of hydrogen-bond donors (Lipinski definition) is 0. The van der Waals surface area contributed by atoms with E-state index in [4.69, 9.17) is 9.47 Å². The number of fused-ring (bicyclic) bond motifs is 1. The van der Waals surface area contributed by atoms with Crippen molar-refractivity contribution in [2.75, 3.05) is 20.3 Å². The van der Waals surface area contributed by atoms with Crippen LogP contribution in [0.3, 0.4) is 0 Å². The standard InChI is InChI=1S/C23H23F3N2O3S/c1-14-17-9-10-19(23(24,25)26)27-21(17)32-20(14)22(29)28(13-16-7-5-11-31-16)12-15-6-3-4-8-18(15)30-2/h3-4,6,8-10,16H,5,7,11-13H2,1-2H3. The van der Waals surface area contributed by atoms with E-state index in [1.807, 2.05) is 24.3 Å². The van der Waals surface area contributed by atoms with Crippen LogP contribution in [0.5, 0.6) is 5.75 Å². The molecule has 1 atom stereocenters. The summed E-state index contributed by atoms with van der Waals surface area (Å²) in [6, 6.07) is 9.79. The second kappa shape index (κ2) is 9.07. The Morgan fingerprint density at radius 3 is 2.75 bits per heavy atom. The molecular weight excluding hydrogens is 441 g/mol. The summed E-state index contributed by atoms with van der Waals surface area (Å²) in [4.78, 5) is 19.6. The van der Waals surface area contributed by atoms with E-state index >= 15 is 0 Å². The second-order valence-electron chi connectivity index (χ2n) is 7.74. The Morgan fingerprint density at radius 2 is 2.06 bits per heavy atom. The molecule has 0 radical (unpaired) electrons. The van der Waals surface area contributed by atoms with Gasteiger partial charge >= 0.3 is 6.18 Å². The quantitative estimate of drug-likeness (QED) is 0.487. The van der Waals surface area contributed by atoms with Crippen molar-refractivity contribution in [1.82, 2.24) is 9.88 Å². The van der Waals surface area contributed by atoms with Crippen LogP contribution in [-0.2, 0) is 17.5 Å². The molecule has 1 unspecified atom stereocenters. The highest BCUT2D eigenvalue weighted by Crippen LogP contribution is 2.35. The fraction of sp³-hybridized carbons (Fsp3) is 0.391. The Hall–Kier alpha value is -2.65. The molecule has 1 aliphatic heterocycles. The van der Waals surface area contributed by atoms with E-state index in [9.17, 15) is 18.0 Å². The van der Waals surface area contributed by atoms with Gasteiger partial charge in [-0.25, -0.2) is 4.98 Å². The fourth-order valence-electron chi connectivity index (χ4n) is 3.90. The van der Waals surface area contributed by atoms with E-state index in [0.717, 1.165) is 35.8 Å². The maximum Gasteiger partial charge on any atom is 0.433 e. The number of para-hydroxylation sites is 1. The van der Waals surface area contributed by atoms with Gasteiger partial charge in [0.25, 0.3) is 5.91 Å². The molecule has 9 heteroatoms. The molecule has 1 amide bonds. The number of benzene rings is 1. The third kappa shape index (κ3) is 4.59. The predicted octanol–water partition coefficient (Wildman–Crippen LogP) is 5.45. The number of nitrogens with zero attached hydrogens (tertiary/aromatic N) is 2. The zero-order valence-electron chi connectivity index (χ0n) is 17.7. The summed E-state index contributed by atoms with van der Waals surface area (Å²) in [5.74, 6) is 0.419. The van der Waals surface area contributed by atoms with Gasteiger partial charge in [0.2, 0.25) is 0 Å². The second-order valence-corrected chi connectivity index (χ2v) is 8.73. The molecule has 0 bridgehead atoms. The Kier molecular flexibility index (Phi) is 6.39. The van der Waals surface area contributed by atoms with E-state index in [1.165, 1.54) is 6.07 Å². The number of ether oxygens (including phenoxy) is 2. The highest BCUT2D eigenvalue weighted by atomic mass is 32.1. The average molecular weight is 465 g/mol. The lowest BCUT2D eigenvalue weighted by atomic mass is 10.1. The maximum atomic E-state index is 13.6. The summed E-state index contributed by atoms with van der Waals surface area (Å²) >= 11 is 0.995. The van der Waals surface area contributed by atoms with Crippen molar-refractivity contribution < 1.29 is 27.4 Å². The molecule has 0 spiro atoms. The number of methoxy groups -OCH3 is 1. The first kappa shape index (κ1) is 22.5. The van der Waals surface area contributed by atoms with Crippen LogP contribution >= 0.6 is 11.3 Å². The Balaban J connectivity index is 1.69. The molecule has 170 valence electrons. The summed E-state index contributed by atoms with van der Waals surface area (Å²) in [6.07, 6.45) is -2.81. The fourth-order valence-corrected chi connectivity index (χ4v) is 5.05. The number of carbonyl (C=O) groups is 1. The molecule has 3 aromatic rings. The predicted molar refractivity (Wildman–Crippen MR) is 116 cm³/mol. The number of thiophene rings is 1. The highest BCUT2D eigenvalue weighted by Gasteiger charge is 2.33. The first-order valence-corrected chi connectivity index (χ1v) is 11.1. The number of hydrogen-bond acceptors (Lipinski definition) is 5. The van der Waals surface area contributed by atoms with Gasteiger partial charge in [-0.1, -0.05) is 18.2 Å². The number of halogens is 3. The minimum absolute atomic E-state index is 0.0710.